The Morgan fingerprint density at radius 3 is 3.25 bits per heavy atom. The van der Waals surface area contributed by atoms with E-state index < -0.39 is 0 Å². The van der Waals surface area contributed by atoms with E-state index in [-0.39, 0.29) is 0 Å². The van der Waals surface area contributed by atoms with Gasteiger partial charge in [0.1, 0.15) is 4.60 Å². The molecule has 0 atom stereocenters. The van der Waals surface area contributed by atoms with Crippen LogP contribution in [0.4, 0.5) is 5.82 Å². The van der Waals surface area contributed by atoms with E-state index in [0.717, 1.165) is 29.0 Å². The Balaban J connectivity index is 2.18. The molecule has 0 aliphatic heterocycles. The standard InChI is InChI=1S/C11H13BrN4/c1-2-3-4-5-13-10-11-14-6-7-16(11)8-9(12)15-10/h2-3,6-8H,4-5H2,1H3,(H,13,15)/b3-2+. The fourth-order valence-corrected chi connectivity index (χ4v) is 1.86. The molecule has 0 saturated carbocycles. The van der Waals surface area contributed by atoms with E-state index in [4.69, 9.17) is 0 Å². The van der Waals surface area contributed by atoms with Gasteiger partial charge >= 0.3 is 0 Å². The van der Waals surface area contributed by atoms with E-state index >= 15 is 0 Å². The van der Waals surface area contributed by atoms with E-state index in [1.54, 1.807) is 6.20 Å². The van der Waals surface area contributed by atoms with Crippen LogP contribution in [0.1, 0.15) is 13.3 Å². The molecule has 0 fully saturated rings. The Hall–Kier alpha value is -1.36. The van der Waals surface area contributed by atoms with Crippen LogP contribution in [0.15, 0.2) is 35.3 Å². The third-order valence-electron chi connectivity index (χ3n) is 2.18. The molecule has 2 aromatic rings. The first-order valence-corrected chi connectivity index (χ1v) is 5.95. The first-order valence-electron chi connectivity index (χ1n) is 5.15. The molecule has 2 aromatic heterocycles. The molecule has 0 spiro atoms. The number of aromatic nitrogens is 3. The highest BCUT2D eigenvalue weighted by atomic mass is 79.9. The van der Waals surface area contributed by atoms with E-state index in [0.29, 0.717) is 0 Å². The molecule has 0 bridgehead atoms. The Kier molecular flexibility index (Phi) is 3.56. The molecule has 0 aliphatic rings. The van der Waals surface area contributed by atoms with E-state index in [2.05, 4.69) is 37.3 Å². The molecular formula is C11H13BrN4. The smallest absolute Gasteiger partial charge is 0.180 e. The molecule has 2 heterocycles. The summed E-state index contributed by atoms with van der Waals surface area (Å²) >= 11 is 3.38. The Morgan fingerprint density at radius 1 is 1.56 bits per heavy atom. The third-order valence-corrected chi connectivity index (χ3v) is 2.57. The molecule has 1 N–H and O–H groups in total. The summed E-state index contributed by atoms with van der Waals surface area (Å²) in [7, 11) is 0. The first kappa shape index (κ1) is 11.1. The van der Waals surface area contributed by atoms with Crippen molar-refractivity contribution in [1.29, 1.82) is 0 Å². The highest BCUT2D eigenvalue weighted by Crippen LogP contribution is 2.16. The van der Waals surface area contributed by atoms with Crippen molar-refractivity contribution in [2.75, 3.05) is 11.9 Å². The predicted molar refractivity (Wildman–Crippen MR) is 68.6 cm³/mol. The summed E-state index contributed by atoms with van der Waals surface area (Å²) in [5, 5.41) is 3.27. The normalized spacial score (nSPS) is 11.4. The lowest BCUT2D eigenvalue weighted by Crippen LogP contribution is -2.05. The van der Waals surface area contributed by atoms with Crippen LogP contribution < -0.4 is 5.32 Å². The highest BCUT2D eigenvalue weighted by molar-refractivity contribution is 9.10. The number of allylic oxidation sites excluding steroid dienone is 1. The van der Waals surface area contributed by atoms with Crippen molar-refractivity contribution >= 4 is 27.4 Å². The third kappa shape index (κ3) is 2.41. The zero-order chi connectivity index (χ0) is 11.4. The van der Waals surface area contributed by atoms with Gasteiger partial charge in [-0.05, 0) is 29.3 Å². The Labute approximate surface area is 103 Å². The van der Waals surface area contributed by atoms with Crippen LogP contribution >= 0.6 is 15.9 Å². The lowest BCUT2D eigenvalue weighted by Gasteiger charge is -2.05. The largest absolute Gasteiger partial charge is 0.367 e. The summed E-state index contributed by atoms with van der Waals surface area (Å²) in [4.78, 5) is 8.63. The van der Waals surface area contributed by atoms with Crippen molar-refractivity contribution in [3.8, 4) is 0 Å². The zero-order valence-electron chi connectivity index (χ0n) is 9.02. The highest BCUT2D eigenvalue weighted by Gasteiger charge is 2.04. The summed E-state index contributed by atoms with van der Waals surface area (Å²) in [6, 6.07) is 0. The number of nitrogens with zero attached hydrogens (tertiary/aromatic N) is 3. The molecule has 0 amide bonds. The molecule has 0 saturated heterocycles. The maximum atomic E-state index is 4.37. The van der Waals surface area contributed by atoms with Crippen LogP contribution in [0.3, 0.4) is 0 Å². The first-order chi connectivity index (χ1) is 7.81. The number of anilines is 1. The van der Waals surface area contributed by atoms with Crippen molar-refractivity contribution in [3.63, 3.8) is 0 Å². The van der Waals surface area contributed by atoms with Crippen molar-refractivity contribution < 1.29 is 0 Å². The van der Waals surface area contributed by atoms with Crippen LogP contribution in [0, 0.1) is 0 Å². The molecule has 0 radical (unpaired) electrons. The molecule has 0 aliphatic carbocycles. The molecule has 16 heavy (non-hydrogen) atoms. The van der Waals surface area contributed by atoms with E-state index in [9.17, 15) is 0 Å². The van der Waals surface area contributed by atoms with Gasteiger partial charge in [0, 0.05) is 25.1 Å². The number of hydrogen-bond donors (Lipinski definition) is 1. The Morgan fingerprint density at radius 2 is 2.44 bits per heavy atom. The van der Waals surface area contributed by atoms with Gasteiger partial charge in [0.25, 0.3) is 0 Å². The number of halogens is 1. The second-order valence-corrected chi connectivity index (χ2v) is 4.17. The van der Waals surface area contributed by atoms with Crippen molar-refractivity contribution in [1.82, 2.24) is 14.4 Å². The van der Waals surface area contributed by atoms with Crippen molar-refractivity contribution in [3.05, 3.63) is 35.3 Å². The minimum Gasteiger partial charge on any atom is -0.367 e. The van der Waals surface area contributed by atoms with Gasteiger partial charge in [-0.3, -0.25) is 0 Å². The molecule has 0 unspecified atom stereocenters. The maximum absolute atomic E-state index is 4.37. The SMILES string of the molecule is C/C=C/CCNc1nc(Br)cn2ccnc12. The zero-order valence-corrected chi connectivity index (χ0v) is 10.6. The van der Waals surface area contributed by atoms with Gasteiger partial charge in [-0.1, -0.05) is 12.2 Å². The monoisotopic (exact) mass is 280 g/mol. The lowest BCUT2D eigenvalue weighted by atomic mass is 10.4. The summed E-state index contributed by atoms with van der Waals surface area (Å²) in [5.41, 5.74) is 0.851. The van der Waals surface area contributed by atoms with E-state index in [1.165, 1.54) is 0 Å². The molecule has 4 nitrogen and oxygen atoms in total. The molecule has 84 valence electrons. The fraction of sp³-hybridized carbons (Fsp3) is 0.273. The van der Waals surface area contributed by atoms with Crippen LogP contribution in [0.2, 0.25) is 0 Å². The topological polar surface area (TPSA) is 42.2 Å². The van der Waals surface area contributed by atoms with Crippen molar-refractivity contribution in [2.45, 2.75) is 13.3 Å². The minimum absolute atomic E-state index is 0.798. The van der Waals surface area contributed by atoms with Gasteiger partial charge in [0.05, 0.1) is 0 Å². The van der Waals surface area contributed by atoms with Crippen molar-refractivity contribution in [2.24, 2.45) is 0 Å². The van der Waals surface area contributed by atoms with Crippen LogP contribution in [-0.2, 0) is 0 Å². The van der Waals surface area contributed by atoms with Gasteiger partial charge < -0.3 is 9.72 Å². The number of fused-ring (bicyclic) bond motifs is 1. The fourth-order valence-electron chi connectivity index (χ4n) is 1.46. The van der Waals surface area contributed by atoms with Gasteiger partial charge in [0.15, 0.2) is 11.5 Å². The maximum Gasteiger partial charge on any atom is 0.180 e. The van der Waals surface area contributed by atoms with Crippen LogP contribution in [0.5, 0.6) is 0 Å². The number of imidazole rings is 1. The lowest BCUT2D eigenvalue weighted by molar-refractivity contribution is 1.02. The number of nitrogens with one attached hydrogen (secondary N) is 1. The second-order valence-electron chi connectivity index (χ2n) is 3.35. The van der Waals surface area contributed by atoms with Gasteiger partial charge in [0.2, 0.25) is 0 Å². The molecule has 5 heteroatoms. The number of hydrogen-bond acceptors (Lipinski definition) is 3. The number of rotatable bonds is 4. The average Bonchev–Trinajstić information content (AvgIpc) is 2.72. The second kappa shape index (κ2) is 5.12. The molecule has 2 rings (SSSR count). The van der Waals surface area contributed by atoms with E-state index in [1.807, 2.05) is 29.8 Å². The van der Waals surface area contributed by atoms with Gasteiger partial charge in [-0.2, -0.15) is 0 Å². The average molecular weight is 281 g/mol. The summed E-state index contributed by atoms with van der Waals surface area (Å²) < 4.78 is 2.74. The predicted octanol–water partition coefficient (Wildman–Crippen LogP) is 2.87. The minimum atomic E-state index is 0.798. The summed E-state index contributed by atoms with van der Waals surface area (Å²) in [6.45, 7) is 2.88. The van der Waals surface area contributed by atoms with Crippen LogP contribution in [0.25, 0.3) is 5.65 Å². The summed E-state index contributed by atoms with van der Waals surface area (Å²) in [6.07, 6.45) is 10.7. The van der Waals surface area contributed by atoms with Crippen LogP contribution in [-0.4, -0.2) is 20.9 Å². The quantitative estimate of drug-likeness (QED) is 0.692. The Bertz CT molecular complexity index is 504. The van der Waals surface area contributed by atoms with Gasteiger partial charge in [-0.15, -0.1) is 0 Å². The summed E-state index contributed by atoms with van der Waals surface area (Å²) in [5.74, 6) is 0.809. The molecule has 0 aromatic carbocycles. The van der Waals surface area contributed by atoms with Gasteiger partial charge in [-0.25, -0.2) is 9.97 Å². The molecular weight excluding hydrogens is 268 g/mol.